The van der Waals surface area contributed by atoms with Crippen LogP contribution in [-0.2, 0) is 30.4 Å². The molecule has 186 valence electrons. The number of aliphatic carboxylic acids is 2. The number of carbonyl (C=O) groups is 4. The van der Waals surface area contributed by atoms with Crippen molar-refractivity contribution in [2.75, 3.05) is 47.0 Å². The lowest BCUT2D eigenvalue weighted by Crippen LogP contribution is -2.48. The molecule has 13 heteroatoms. The summed E-state index contributed by atoms with van der Waals surface area (Å²) in [5, 5.41) is 20.6. The number of carboxylic acid groups (broad SMARTS) is 2. The fraction of sp³-hybridized carbons (Fsp3) is 0.650. The molecule has 3 N–H and O–H groups in total. The number of nitrogens with one attached hydrogen (secondary N) is 1. The van der Waals surface area contributed by atoms with Crippen molar-refractivity contribution < 1.29 is 38.9 Å². The molecule has 0 aliphatic carbocycles. The SMILES string of the molecule is COC(=O)[C@H](CCN1CCOCC1)NC(=O)N(C)Cc1csc(C(C)C)n1.O=C(O)C(=O)O. The van der Waals surface area contributed by atoms with Crippen LogP contribution in [-0.4, -0.2) is 102 Å². The Bertz CT molecular complexity index is 783. The maximum absolute atomic E-state index is 12.5. The summed E-state index contributed by atoms with van der Waals surface area (Å²) in [6.07, 6.45) is 0.500. The van der Waals surface area contributed by atoms with E-state index < -0.39 is 23.9 Å². The zero-order valence-corrected chi connectivity index (χ0v) is 20.1. The molecular weight excluding hydrogens is 456 g/mol. The molecule has 1 saturated heterocycles. The molecule has 12 nitrogen and oxygen atoms in total. The number of methoxy groups -OCH3 is 1. The van der Waals surface area contributed by atoms with Crippen LogP contribution in [0.2, 0.25) is 0 Å². The predicted molar refractivity (Wildman–Crippen MR) is 119 cm³/mol. The Balaban J connectivity index is 0.000000801. The highest BCUT2D eigenvalue weighted by Gasteiger charge is 2.24. The number of thiazole rings is 1. The van der Waals surface area contributed by atoms with Gasteiger partial charge in [-0.3, -0.25) is 4.90 Å². The maximum Gasteiger partial charge on any atom is 0.414 e. The first-order valence-electron chi connectivity index (χ1n) is 10.3. The van der Waals surface area contributed by atoms with Crippen LogP contribution in [0, 0.1) is 0 Å². The standard InChI is InChI=1S/C18H30N4O4S.C2H2O4/c1-13(2)16-19-14(12-27-16)11-21(3)18(24)20-15(17(23)25-4)5-6-22-7-9-26-10-8-22;3-1(4)2(5)6/h12-13,15H,5-11H2,1-4H3,(H,20,24);(H,3,4)(H,5,6)/t15-;/m0./s1. The van der Waals surface area contributed by atoms with E-state index in [1.165, 1.54) is 12.0 Å². The van der Waals surface area contributed by atoms with Crippen LogP contribution in [0.4, 0.5) is 4.79 Å². The number of aromatic nitrogens is 1. The molecule has 1 aromatic rings. The fourth-order valence-electron chi connectivity index (χ4n) is 2.76. The van der Waals surface area contributed by atoms with Gasteiger partial charge in [-0.2, -0.15) is 0 Å². The fourth-order valence-corrected chi connectivity index (χ4v) is 3.59. The van der Waals surface area contributed by atoms with Crippen molar-refractivity contribution in [1.82, 2.24) is 20.1 Å². The van der Waals surface area contributed by atoms with Crippen molar-refractivity contribution >= 4 is 35.3 Å². The van der Waals surface area contributed by atoms with Gasteiger partial charge in [0, 0.05) is 38.0 Å². The first kappa shape index (κ1) is 28.3. The van der Waals surface area contributed by atoms with Gasteiger partial charge >= 0.3 is 23.9 Å². The van der Waals surface area contributed by atoms with Crippen LogP contribution < -0.4 is 5.32 Å². The van der Waals surface area contributed by atoms with Gasteiger partial charge < -0.3 is 29.9 Å². The smallest absolute Gasteiger partial charge is 0.414 e. The van der Waals surface area contributed by atoms with Gasteiger partial charge in [-0.05, 0) is 6.42 Å². The quantitative estimate of drug-likeness (QED) is 0.353. The zero-order chi connectivity index (χ0) is 25.0. The molecule has 0 saturated carbocycles. The van der Waals surface area contributed by atoms with Crippen molar-refractivity contribution in [2.24, 2.45) is 0 Å². The third-order valence-electron chi connectivity index (χ3n) is 4.61. The average molecular weight is 489 g/mol. The van der Waals surface area contributed by atoms with E-state index in [0.717, 1.165) is 23.8 Å². The second-order valence-electron chi connectivity index (χ2n) is 7.57. The van der Waals surface area contributed by atoms with E-state index >= 15 is 0 Å². The number of morpholine rings is 1. The maximum atomic E-state index is 12.5. The molecule has 33 heavy (non-hydrogen) atoms. The molecule has 0 unspecified atom stereocenters. The number of hydrogen-bond acceptors (Lipinski definition) is 9. The average Bonchev–Trinajstić information content (AvgIpc) is 3.25. The van der Waals surface area contributed by atoms with Gasteiger partial charge in [0.2, 0.25) is 0 Å². The van der Waals surface area contributed by atoms with Crippen molar-refractivity contribution in [1.29, 1.82) is 0 Å². The lowest BCUT2D eigenvalue weighted by atomic mass is 10.2. The summed E-state index contributed by atoms with van der Waals surface area (Å²) in [7, 11) is 3.03. The molecule has 1 atom stereocenters. The van der Waals surface area contributed by atoms with E-state index in [4.69, 9.17) is 29.3 Å². The van der Waals surface area contributed by atoms with E-state index in [0.29, 0.717) is 38.6 Å². The molecule has 1 aromatic heterocycles. The van der Waals surface area contributed by atoms with E-state index in [1.807, 2.05) is 5.38 Å². The van der Waals surface area contributed by atoms with E-state index in [1.54, 1.807) is 18.4 Å². The van der Waals surface area contributed by atoms with Crippen LogP contribution in [0.5, 0.6) is 0 Å². The lowest BCUT2D eigenvalue weighted by Gasteiger charge is -2.28. The number of rotatable bonds is 8. The molecule has 0 spiro atoms. The number of amides is 2. The normalized spacial score (nSPS) is 14.6. The Hall–Kier alpha value is -2.77. The minimum atomic E-state index is -1.82. The van der Waals surface area contributed by atoms with Gasteiger partial charge in [0.05, 0.1) is 37.6 Å². The molecule has 1 aliphatic rings. The first-order chi connectivity index (χ1) is 15.5. The van der Waals surface area contributed by atoms with Gasteiger partial charge in [-0.25, -0.2) is 24.2 Å². The van der Waals surface area contributed by atoms with Gasteiger partial charge in [0.1, 0.15) is 6.04 Å². The molecule has 2 rings (SSSR count). The van der Waals surface area contributed by atoms with Crippen molar-refractivity contribution in [3.05, 3.63) is 16.1 Å². The summed E-state index contributed by atoms with van der Waals surface area (Å²) in [6.45, 7) is 8.35. The Morgan fingerprint density at radius 3 is 2.33 bits per heavy atom. The van der Waals surface area contributed by atoms with Crippen molar-refractivity contribution in [3.8, 4) is 0 Å². The second kappa shape index (κ2) is 14.4. The third-order valence-corrected chi connectivity index (χ3v) is 5.81. The van der Waals surface area contributed by atoms with E-state index in [-0.39, 0.29) is 6.03 Å². The minimum absolute atomic E-state index is 0.313. The molecule has 0 aromatic carbocycles. The number of hydrogen-bond donors (Lipinski definition) is 3. The topological polar surface area (TPSA) is 159 Å². The number of esters is 1. The molecule has 2 amide bonds. The highest BCUT2D eigenvalue weighted by Crippen LogP contribution is 2.19. The molecular formula is C20H32N4O8S. The Kier molecular flexibility index (Phi) is 12.3. The minimum Gasteiger partial charge on any atom is -0.473 e. The van der Waals surface area contributed by atoms with Gasteiger partial charge in [0.15, 0.2) is 0 Å². The van der Waals surface area contributed by atoms with E-state index in [9.17, 15) is 9.59 Å². The number of ether oxygens (including phenoxy) is 2. The van der Waals surface area contributed by atoms with Crippen molar-refractivity contribution in [3.63, 3.8) is 0 Å². The van der Waals surface area contributed by atoms with Crippen LogP contribution in [0.15, 0.2) is 5.38 Å². The highest BCUT2D eigenvalue weighted by atomic mass is 32.1. The van der Waals surface area contributed by atoms with Crippen LogP contribution >= 0.6 is 11.3 Å². The number of carbonyl (C=O) groups excluding carboxylic acids is 2. The third kappa shape index (κ3) is 10.6. The van der Waals surface area contributed by atoms with Gasteiger partial charge in [0.25, 0.3) is 0 Å². The summed E-state index contributed by atoms with van der Waals surface area (Å²) >= 11 is 1.60. The number of urea groups is 1. The molecule has 0 bridgehead atoms. The Labute approximate surface area is 196 Å². The number of nitrogens with zero attached hydrogens (tertiary/aromatic N) is 3. The first-order valence-corrected chi connectivity index (χ1v) is 11.2. The summed E-state index contributed by atoms with van der Waals surface area (Å²) < 4.78 is 10.2. The van der Waals surface area contributed by atoms with Crippen LogP contribution in [0.1, 0.15) is 36.9 Å². The van der Waals surface area contributed by atoms with E-state index in [2.05, 4.69) is 29.0 Å². The van der Waals surface area contributed by atoms with Gasteiger partial charge in [-0.1, -0.05) is 13.8 Å². The second-order valence-corrected chi connectivity index (χ2v) is 8.46. The van der Waals surface area contributed by atoms with Crippen LogP contribution in [0.3, 0.4) is 0 Å². The summed E-state index contributed by atoms with van der Waals surface area (Å²) in [6, 6.07) is -0.985. The Morgan fingerprint density at radius 2 is 1.85 bits per heavy atom. The van der Waals surface area contributed by atoms with Crippen LogP contribution in [0.25, 0.3) is 0 Å². The largest absolute Gasteiger partial charge is 0.473 e. The van der Waals surface area contributed by atoms with Crippen molar-refractivity contribution in [2.45, 2.75) is 38.8 Å². The lowest BCUT2D eigenvalue weighted by molar-refractivity contribution is -0.159. The number of carboxylic acids is 2. The molecule has 1 aliphatic heterocycles. The highest BCUT2D eigenvalue weighted by molar-refractivity contribution is 7.09. The molecule has 2 heterocycles. The molecule has 1 fully saturated rings. The molecule has 0 radical (unpaired) electrons. The predicted octanol–water partition coefficient (Wildman–Crippen LogP) is 0.827. The summed E-state index contributed by atoms with van der Waals surface area (Å²) in [5.41, 5.74) is 0.851. The summed E-state index contributed by atoms with van der Waals surface area (Å²) in [5.74, 6) is -3.71. The van der Waals surface area contributed by atoms with Gasteiger partial charge in [-0.15, -0.1) is 11.3 Å². The summed E-state index contributed by atoms with van der Waals surface area (Å²) in [4.78, 5) is 51.1. The Morgan fingerprint density at radius 1 is 1.24 bits per heavy atom. The zero-order valence-electron chi connectivity index (χ0n) is 19.3. The monoisotopic (exact) mass is 488 g/mol.